The van der Waals surface area contributed by atoms with Crippen LogP contribution in [0, 0.1) is 0 Å². The quantitative estimate of drug-likeness (QED) is 0.731. The number of nitrogens with zero attached hydrogens (tertiary/aromatic N) is 3. The molecule has 25 heavy (non-hydrogen) atoms. The molecule has 0 aliphatic carbocycles. The molecule has 0 saturated carbocycles. The van der Waals surface area contributed by atoms with Gasteiger partial charge in [-0.1, -0.05) is 23.7 Å². The summed E-state index contributed by atoms with van der Waals surface area (Å²) in [5.41, 5.74) is 1.76. The van der Waals surface area contributed by atoms with Gasteiger partial charge in [0.25, 0.3) is 0 Å². The van der Waals surface area contributed by atoms with Crippen LogP contribution >= 0.6 is 11.6 Å². The summed E-state index contributed by atoms with van der Waals surface area (Å²) >= 11 is 6.15. The number of hydrogen-bond acceptors (Lipinski definition) is 4. The Balaban J connectivity index is 1.55. The molecule has 1 N–H and O–H groups in total. The van der Waals surface area contributed by atoms with Gasteiger partial charge in [-0.3, -0.25) is 9.48 Å². The Morgan fingerprint density at radius 1 is 1.36 bits per heavy atom. The van der Waals surface area contributed by atoms with E-state index < -0.39 is 0 Å². The molecule has 2 aromatic heterocycles. The molecule has 0 radical (unpaired) electrons. The SMILES string of the molecule is C[C@H](NC(=O)CCc1ncc(-c2ccccc2Cl)o1)c1cnn(C)c1. The minimum atomic E-state index is -0.0931. The van der Waals surface area contributed by atoms with E-state index in [9.17, 15) is 4.79 Å². The molecule has 3 aromatic rings. The fourth-order valence-electron chi connectivity index (χ4n) is 2.49. The number of oxazole rings is 1. The van der Waals surface area contributed by atoms with Gasteiger partial charge in [0.15, 0.2) is 11.7 Å². The summed E-state index contributed by atoms with van der Waals surface area (Å²) in [5, 5.41) is 7.66. The van der Waals surface area contributed by atoms with Crippen molar-refractivity contribution in [1.29, 1.82) is 0 Å². The highest BCUT2D eigenvalue weighted by Crippen LogP contribution is 2.28. The maximum Gasteiger partial charge on any atom is 0.220 e. The lowest BCUT2D eigenvalue weighted by molar-refractivity contribution is -0.121. The number of benzene rings is 1. The molecule has 130 valence electrons. The zero-order valence-electron chi connectivity index (χ0n) is 14.1. The smallest absolute Gasteiger partial charge is 0.220 e. The molecule has 0 spiro atoms. The molecule has 3 rings (SSSR count). The molecule has 0 aliphatic rings. The van der Waals surface area contributed by atoms with Gasteiger partial charge in [-0.15, -0.1) is 0 Å². The van der Waals surface area contributed by atoms with Gasteiger partial charge in [0, 0.05) is 37.2 Å². The van der Waals surface area contributed by atoms with E-state index in [4.69, 9.17) is 16.0 Å². The zero-order chi connectivity index (χ0) is 17.8. The molecule has 1 atom stereocenters. The van der Waals surface area contributed by atoms with Crippen LogP contribution in [0.4, 0.5) is 0 Å². The maximum atomic E-state index is 12.1. The Morgan fingerprint density at radius 3 is 2.88 bits per heavy atom. The topological polar surface area (TPSA) is 73.0 Å². The first kappa shape index (κ1) is 17.2. The normalized spacial score (nSPS) is 12.1. The average molecular weight is 359 g/mol. The number of carbonyl (C=O) groups is 1. The van der Waals surface area contributed by atoms with E-state index in [1.54, 1.807) is 23.1 Å². The summed E-state index contributed by atoms with van der Waals surface area (Å²) in [6.07, 6.45) is 5.99. The van der Waals surface area contributed by atoms with E-state index in [0.717, 1.165) is 11.1 Å². The Morgan fingerprint density at radius 2 is 2.16 bits per heavy atom. The van der Waals surface area contributed by atoms with Gasteiger partial charge < -0.3 is 9.73 Å². The van der Waals surface area contributed by atoms with Crippen LogP contribution in [0.1, 0.15) is 30.8 Å². The lowest BCUT2D eigenvalue weighted by atomic mass is 10.2. The number of rotatable bonds is 6. The second kappa shape index (κ2) is 7.53. The lowest BCUT2D eigenvalue weighted by Gasteiger charge is -2.11. The summed E-state index contributed by atoms with van der Waals surface area (Å²) in [6, 6.07) is 7.32. The van der Waals surface area contributed by atoms with Crippen molar-refractivity contribution in [2.45, 2.75) is 25.8 Å². The average Bonchev–Trinajstić information content (AvgIpc) is 3.22. The van der Waals surface area contributed by atoms with E-state index in [-0.39, 0.29) is 11.9 Å². The number of carbonyl (C=O) groups excluding carboxylic acids is 1. The molecule has 1 amide bonds. The highest BCUT2D eigenvalue weighted by Gasteiger charge is 2.14. The Hall–Kier alpha value is -2.60. The van der Waals surface area contributed by atoms with E-state index in [0.29, 0.717) is 29.5 Å². The number of hydrogen-bond donors (Lipinski definition) is 1. The van der Waals surface area contributed by atoms with Gasteiger partial charge in [0.1, 0.15) is 0 Å². The first-order chi connectivity index (χ1) is 12.0. The van der Waals surface area contributed by atoms with Crippen molar-refractivity contribution in [3.63, 3.8) is 0 Å². The Labute approximate surface area is 150 Å². The second-order valence-corrected chi connectivity index (χ2v) is 6.24. The van der Waals surface area contributed by atoms with Crippen molar-refractivity contribution in [2.24, 2.45) is 7.05 Å². The molecule has 6 nitrogen and oxygen atoms in total. The van der Waals surface area contributed by atoms with Gasteiger partial charge in [0.2, 0.25) is 5.91 Å². The Kier molecular flexibility index (Phi) is 5.19. The van der Waals surface area contributed by atoms with Crippen LogP contribution in [0.25, 0.3) is 11.3 Å². The minimum absolute atomic E-state index is 0.0613. The molecule has 0 aliphatic heterocycles. The second-order valence-electron chi connectivity index (χ2n) is 5.83. The van der Waals surface area contributed by atoms with E-state index >= 15 is 0 Å². The van der Waals surface area contributed by atoms with Crippen LogP contribution in [0.5, 0.6) is 0 Å². The molecule has 0 unspecified atom stereocenters. The highest BCUT2D eigenvalue weighted by molar-refractivity contribution is 6.33. The predicted octanol–water partition coefficient (Wildman–Crippen LogP) is 3.54. The van der Waals surface area contributed by atoms with Crippen molar-refractivity contribution in [2.75, 3.05) is 0 Å². The number of nitrogens with one attached hydrogen (secondary N) is 1. The van der Waals surface area contributed by atoms with Gasteiger partial charge in [-0.25, -0.2) is 4.98 Å². The van der Waals surface area contributed by atoms with Crippen LogP contribution in [0.15, 0.2) is 47.3 Å². The summed E-state index contributed by atoms with van der Waals surface area (Å²) in [7, 11) is 1.84. The number of aromatic nitrogens is 3. The molecular formula is C18H19ClN4O2. The van der Waals surface area contributed by atoms with Gasteiger partial charge >= 0.3 is 0 Å². The van der Waals surface area contributed by atoms with Crippen molar-refractivity contribution in [3.8, 4) is 11.3 Å². The fraction of sp³-hybridized carbons (Fsp3) is 0.278. The third kappa shape index (κ3) is 4.28. The molecule has 0 saturated heterocycles. The van der Waals surface area contributed by atoms with Crippen LogP contribution in [0.3, 0.4) is 0 Å². The van der Waals surface area contributed by atoms with Crippen molar-refractivity contribution >= 4 is 17.5 Å². The fourth-order valence-corrected chi connectivity index (χ4v) is 2.72. The largest absolute Gasteiger partial charge is 0.441 e. The molecular weight excluding hydrogens is 340 g/mol. The Bertz CT molecular complexity index is 871. The highest BCUT2D eigenvalue weighted by atomic mass is 35.5. The van der Waals surface area contributed by atoms with Gasteiger partial charge in [0.05, 0.1) is 23.5 Å². The van der Waals surface area contributed by atoms with Crippen LogP contribution in [-0.2, 0) is 18.3 Å². The minimum Gasteiger partial charge on any atom is -0.441 e. The van der Waals surface area contributed by atoms with Crippen molar-refractivity contribution in [3.05, 3.63) is 59.3 Å². The number of halogens is 1. The molecule has 0 fully saturated rings. The number of aryl methyl sites for hydroxylation is 2. The third-order valence-electron chi connectivity index (χ3n) is 3.86. The molecule has 2 heterocycles. The third-order valence-corrected chi connectivity index (χ3v) is 4.19. The zero-order valence-corrected chi connectivity index (χ0v) is 14.8. The van der Waals surface area contributed by atoms with Crippen molar-refractivity contribution < 1.29 is 9.21 Å². The van der Waals surface area contributed by atoms with Crippen molar-refractivity contribution in [1.82, 2.24) is 20.1 Å². The molecule has 7 heteroatoms. The van der Waals surface area contributed by atoms with Crippen LogP contribution in [0.2, 0.25) is 5.02 Å². The molecule has 0 bridgehead atoms. The van der Waals surface area contributed by atoms with E-state index in [1.165, 1.54) is 0 Å². The molecule has 1 aromatic carbocycles. The van der Waals surface area contributed by atoms with Crippen LogP contribution < -0.4 is 5.32 Å². The van der Waals surface area contributed by atoms with E-state index in [2.05, 4.69) is 15.4 Å². The monoisotopic (exact) mass is 358 g/mol. The number of amides is 1. The summed E-state index contributed by atoms with van der Waals surface area (Å²) in [6.45, 7) is 1.93. The maximum absolute atomic E-state index is 12.1. The lowest BCUT2D eigenvalue weighted by Crippen LogP contribution is -2.26. The van der Waals surface area contributed by atoms with Gasteiger partial charge in [-0.2, -0.15) is 5.10 Å². The first-order valence-electron chi connectivity index (χ1n) is 8.00. The van der Waals surface area contributed by atoms with E-state index in [1.807, 2.05) is 38.4 Å². The predicted molar refractivity (Wildman–Crippen MR) is 95.0 cm³/mol. The summed E-state index contributed by atoms with van der Waals surface area (Å²) < 4.78 is 7.41. The van der Waals surface area contributed by atoms with Crippen LogP contribution in [-0.4, -0.2) is 20.7 Å². The summed E-state index contributed by atoms with van der Waals surface area (Å²) in [4.78, 5) is 16.3. The standard InChI is InChI=1S/C18H19ClN4O2/c1-12(13-9-21-23(2)11-13)22-17(24)7-8-18-20-10-16(25-18)14-5-3-4-6-15(14)19/h3-6,9-12H,7-8H2,1-2H3,(H,22,24)/t12-/m0/s1. The van der Waals surface area contributed by atoms with Gasteiger partial charge in [-0.05, 0) is 19.1 Å². The summed E-state index contributed by atoms with van der Waals surface area (Å²) in [5.74, 6) is 1.05. The first-order valence-corrected chi connectivity index (χ1v) is 8.38.